The number of amides is 1. The van der Waals surface area contributed by atoms with Gasteiger partial charge in [-0.3, -0.25) is 14.7 Å². The maximum absolute atomic E-state index is 13.0. The summed E-state index contributed by atoms with van der Waals surface area (Å²) < 4.78 is 5.53. The second kappa shape index (κ2) is 9.83. The number of anilines is 2. The van der Waals surface area contributed by atoms with Crippen molar-refractivity contribution in [2.45, 2.75) is 37.3 Å². The molecule has 2 aliphatic heterocycles. The number of hydrogen-bond acceptors (Lipinski definition) is 7. The molecule has 37 heavy (non-hydrogen) atoms. The Kier molecular flexibility index (Phi) is 6.52. The van der Waals surface area contributed by atoms with Gasteiger partial charge in [-0.1, -0.05) is 17.7 Å². The topological polar surface area (TPSA) is 90.8 Å². The van der Waals surface area contributed by atoms with Gasteiger partial charge in [0.05, 0.1) is 35.6 Å². The zero-order valence-corrected chi connectivity index (χ0v) is 21.7. The van der Waals surface area contributed by atoms with Crippen molar-refractivity contribution in [2.75, 3.05) is 49.6 Å². The number of hydrogen-bond donors (Lipinski definition) is 2. The minimum absolute atomic E-state index is 0.00867. The van der Waals surface area contributed by atoms with Gasteiger partial charge < -0.3 is 20.1 Å². The molecule has 1 amide bonds. The van der Waals surface area contributed by atoms with Crippen LogP contribution in [-0.4, -0.2) is 76.9 Å². The summed E-state index contributed by atoms with van der Waals surface area (Å²) in [4.78, 5) is 26.6. The monoisotopic (exact) mass is 521 g/mol. The number of ether oxygens (including phenoxy) is 1. The van der Waals surface area contributed by atoms with Gasteiger partial charge in [-0.15, -0.1) is 0 Å². The predicted molar refractivity (Wildman–Crippen MR) is 144 cm³/mol. The zero-order chi connectivity index (χ0) is 25.6. The van der Waals surface area contributed by atoms with E-state index in [1.807, 2.05) is 30.3 Å². The molecule has 3 aromatic rings. The molecule has 2 saturated heterocycles. The molecular weight excluding hydrogens is 490 g/mol. The van der Waals surface area contributed by atoms with Gasteiger partial charge in [0.1, 0.15) is 5.82 Å². The van der Waals surface area contributed by atoms with Gasteiger partial charge in [0.15, 0.2) is 0 Å². The average molecular weight is 522 g/mol. The van der Waals surface area contributed by atoms with E-state index >= 15 is 0 Å². The average Bonchev–Trinajstić information content (AvgIpc) is 3.23. The van der Waals surface area contributed by atoms with Crippen LogP contribution in [0.4, 0.5) is 11.5 Å². The molecular formula is C28H32ClN5O3. The number of fused-ring (bicyclic) bond motifs is 1. The molecule has 3 fully saturated rings. The quantitative estimate of drug-likeness (QED) is 0.529. The number of carbonyl (C=O) groups excluding carboxylic acids is 1. The van der Waals surface area contributed by atoms with Crippen LogP contribution in [-0.2, 0) is 9.53 Å². The highest BCUT2D eigenvalue weighted by atomic mass is 35.5. The standard InChI is InChI=1S/C28H32ClN5O3/c1-28(17-37-16-25(28)35)34-10-8-33(9-11-34)24-13-18-14-26(31-15-19(18)12-22(24)29)32-27(36)21-6-5-20(21)23-4-2-3-7-30-23/h2-4,7,12-15,20-21,25,35H,5-6,8-11,16-17H2,1H3,(H,31,32,36)/t20-,21-,25+,28-/m0/s1. The maximum atomic E-state index is 13.0. The first-order valence-electron chi connectivity index (χ1n) is 13.0. The van der Waals surface area contributed by atoms with Crippen molar-refractivity contribution in [1.82, 2.24) is 14.9 Å². The summed E-state index contributed by atoms with van der Waals surface area (Å²) in [6.45, 7) is 6.27. The van der Waals surface area contributed by atoms with E-state index < -0.39 is 6.10 Å². The summed E-state index contributed by atoms with van der Waals surface area (Å²) in [5, 5.41) is 16.0. The third-order valence-corrected chi connectivity index (χ3v) is 8.75. The third-order valence-electron chi connectivity index (χ3n) is 8.45. The van der Waals surface area contributed by atoms with Crippen LogP contribution < -0.4 is 10.2 Å². The fourth-order valence-corrected chi connectivity index (χ4v) is 6.15. The zero-order valence-electron chi connectivity index (χ0n) is 20.9. The molecule has 6 rings (SSSR count). The highest BCUT2D eigenvalue weighted by molar-refractivity contribution is 6.34. The number of carbonyl (C=O) groups is 1. The number of pyridine rings is 2. The lowest BCUT2D eigenvalue weighted by molar-refractivity contribution is -0.123. The van der Waals surface area contributed by atoms with Gasteiger partial charge in [0.2, 0.25) is 5.91 Å². The van der Waals surface area contributed by atoms with Crippen molar-refractivity contribution >= 4 is 39.8 Å². The molecule has 4 atom stereocenters. The highest BCUT2D eigenvalue weighted by Crippen LogP contribution is 2.42. The molecule has 1 aliphatic carbocycles. The molecule has 9 heteroatoms. The van der Waals surface area contributed by atoms with Crippen molar-refractivity contribution in [1.29, 1.82) is 0 Å². The van der Waals surface area contributed by atoms with Crippen LogP contribution in [0.15, 0.2) is 48.8 Å². The fraction of sp³-hybridized carbons (Fsp3) is 0.464. The number of piperazine rings is 1. The van der Waals surface area contributed by atoms with Crippen molar-refractivity contribution in [3.05, 3.63) is 59.5 Å². The Morgan fingerprint density at radius 2 is 1.97 bits per heavy atom. The van der Waals surface area contributed by atoms with E-state index in [1.54, 1.807) is 12.4 Å². The third kappa shape index (κ3) is 4.56. The van der Waals surface area contributed by atoms with Crippen LogP contribution in [0.1, 0.15) is 31.4 Å². The van der Waals surface area contributed by atoms with Gasteiger partial charge in [-0.2, -0.15) is 0 Å². The fourth-order valence-electron chi connectivity index (χ4n) is 5.86. The van der Waals surface area contributed by atoms with Crippen LogP contribution in [0.5, 0.6) is 0 Å². The van der Waals surface area contributed by atoms with Crippen molar-refractivity contribution in [2.24, 2.45) is 5.92 Å². The summed E-state index contributed by atoms with van der Waals surface area (Å²) in [6.07, 6.45) is 4.90. The van der Waals surface area contributed by atoms with Crippen LogP contribution >= 0.6 is 11.6 Å². The molecule has 8 nitrogen and oxygen atoms in total. The van der Waals surface area contributed by atoms with E-state index in [-0.39, 0.29) is 23.3 Å². The van der Waals surface area contributed by atoms with Crippen molar-refractivity contribution in [3.63, 3.8) is 0 Å². The van der Waals surface area contributed by atoms with Gasteiger partial charge in [-0.25, -0.2) is 4.98 Å². The van der Waals surface area contributed by atoms with E-state index in [0.29, 0.717) is 24.1 Å². The Morgan fingerprint density at radius 1 is 1.14 bits per heavy atom. The highest BCUT2D eigenvalue weighted by Gasteiger charge is 2.44. The van der Waals surface area contributed by atoms with E-state index in [0.717, 1.165) is 61.2 Å². The number of aliphatic hydroxyl groups is 1. The Balaban J connectivity index is 1.16. The Hall–Kier alpha value is -2.78. The largest absolute Gasteiger partial charge is 0.389 e. The van der Waals surface area contributed by atoms with Gasteiger partial charge >= 0.3 is 0 Å². The Bertz CT molecular complexity index is 1300. The maximum Gasteiger partial charge on any atom is 0.229 e. The van der Waals surface area contributed by atoms with Crippen LogP contribution in [0.25, 0.3) is 10.8 Å². The lowest BCUT2D eigenvalue weighted by atomic mass is 9.71. The molecule has 3 aliphatic rings. The Morgan fingerprint density at radius 3 is 2.65 bits per heavy atom. The van der Waals surface area contributed by atoms with E-state index in [2.05, 4.69) is 38.1 Å². The first kappa shape index (κ1) is 24.6. The summed E-state index contributed by atoms with van der Waals surface area (Å²) >= 11 is 6.70. The molecule has 4 heterocycles. The molecule has 0 spiro atoms. The molecule has 0 bridgehead atoms. The molecule has 2 N–H and O–H groups in total. The minimum atomic E-state index is -0.469. The molecule has 0 radical (unpaired) electrons. The van der Waals surface area contributed by atoms with Crippen LogP contribution in [0.3, 0.4) is 0 Å². The Labute approximate surface area is 221 Å². The minimum Gasteiger partial charge on any atom is -0.389 e. The van der Waals surface area contributed by atoms with Gasteiger partial charge in [0.25, 0.3) is 0 Å². The van der Waals surface area contributed by atoms with Crippen molar-refractivity contribution in [3.8, 4) is 0 Å². The number of nitrogens with zero attached hydrogens (tertiary/aromatic N) is 4. The van der Waals surface area contributed by atoms with E-state index in [9.17, 15) is 9.90 Å². The lowest BCUT2D eigenvalue weighted by Crippen LogP contribution is -2.60. The van der Waals surface area contributed by atoms with Crippen LogP contribution in [0.2, 0.25) is 5.02 Å². The summed E-state index contributed by atoms with van der Waals surface area (Å²) in [5.74, 6) is 0.607. The molecule has 2 aromatic heterocycles. The second-order valence-electron chi connectivity index (χ2n) is 10.6. The van der Waals surface area contributed by atoms with E-state index in [1.165, 1.54) is 0 Å². The van der Waals surface area contributed by atoms with Crippen LogP contribution in [0, 0.1) is 5.92 Å². The molecule has 194 valence electrons. The molecule has 1 aromatic carbocycles. The number of halogens is 1. The second-order valence-corrected chi connectivity index (χ2v) is 11.0. The smallest absolute Gasteiger partial charge is 0.229 e. The number of benzene rings is 1. The molecule has 0 unspecified atom stereocenters. The van der Waals surface area contributed by atoms with E-state index in [4.69, 9.17) is 16.3 Å². The van der Waals surface area contributed by atoms with Gasteiger partial charge in [0, 0.05) is 61.5 Å². The number of rotatable bonds is 5. The normalized spacial score (nSPS) is 28.3. The summed E-state index contributed by atoms with van der Waals surface area (Å²) in [7, 11) is 0. The summed E-state index contributed by atoms with van der Waals surface area (Å²) in [5.41, 5.74) is 1.61. The van der Waals surface area contributed by atoms with Gasteiger partial charge in [-0.05, 0) is 55.5 Å². The summed E-state index contributed by atoms with van der Waals surface area (Å²) in [6, 6.07) is 11.8. The molecule has 1 saturated carbocycles. The first-order valence-corrected chi connectivity index (χ1v) is 13.4. The van der Waals surface area contributed by atoms with Crippen molar-refractivity contribution < 1.29 is 14.6 Å². The number of aliphatic hydroxyl groups excluding tert-OH is 1. The SMILES string of the molecule is C[C@]1(N2CCN(c3cc4cc(NC(=O)[C@H]5CC[C@@H]5c5ccccn5)ncc4cc3Cl)CC2)COC[C@H]1O. The lowest BCUT2D eigenvalue weighted by Gasteiger charge is -2.45. The number of aromatic nitrogens is 2. The first-order chi connectivity index (χ1) is 17.9. The number of nitrogens with one attached hydrogen (secondary N) is 1. The predicted octanol–water partition coefficient (Wildman–Crippen LogP) is 3.69.